The molecule has 3 N–H and O–H groups in total. The van der Waals surface area contributed by atoms with E-state index in [0.717, 1.165) is 28.0 Å². The van der Waals surface area contributed by atoms with Crippen molar-refractivity contribution in [3.63, 3.8) is 0 Å². The molecule has 2 aromatic heterocycles. The standard InChI is InChI=1S/C18H13Cl2N3O2/c19-10-1-4-14(20)13(7-10)17-6-3-12(25-17)9-21-11-2-5-15-16(8-11)23-18(24)22-15/h1-8,21H,9H2,(H2,22,23,24). The molecule has 0 unspecified atom stereocenters. The maximum atomic E-state index is 11.3. The van der Waals surface area contributed by atoms with E-state index in [2.05, 4.69) is 15.3 Å². The van der Waals surface area contributed by atoms with Crippen molar-refractivity contribution in [2.75, 3.05) is 5.32 Å². The molecular weight excluding hydrogens is 361 g/mol. The lowest BCUT2D eigenvalue weighted by Gasteiger charge is -2.05. The number of anilines is 1. The molecule has 5 nitrogen and oxygen atoms in total. The Hall–Kier alpha value is -2.63. The maximum Gasteiger partial charge on any atom is 0.323 e. The molecule has 0 spiro atoms. The van der Waals surface area contributed by atoms with Crippen molar-refractivity contribution in [2.24, 2.45) is 0 Å². The van der Waals surface area contributed by atoms with Crippen LogP contribution in [0.5, 0.6) is 0 Å². The van der Waals surface area contributed by atoms with Gasteiger partial charge in [-0.1, -0.05) is 23.2 Å². The highest BCUT2D eigenvalue weighted by Crippen LogP contribution is 2.32. The van der Waals surface area contributed by atoms with Gasteiger partial charge in [-0.3, -0.25) is 0 Å². The van der Waals surface area contributed by atoms with Crippen molar-refractivity contribution in [2.45, 2.75) is 6.54 Å². The number of aromatic nitrogens is 2. The smallest absolute Gasteiger partial charge is 0.323 e. The fourth-order valence-corrected chi connectivity index (χ4v) is 3.02. The zero-order valence-electron chi connectivity index (χ0n) is 12.9. The molecule has 0 atom stereocenters. The Morgan fingerprint density at radius 1 is 0.960 bits per heavy atom. The van der Waals surface area contributed by atoms with Crippen LogP contribution in [0, 0.1) is 0 Å². The highest BCUT2D eigenvalue weighted by Gasteiger charge is 2.09. The summed E-state index contributed by atoms with van der Waals surface area (Å²) in [5.74, 6) is 1.42. The Labute approximate surface area is 152 Å². The van der Waals surface area contributed by atoms with Gasteiger partial charge in [0, 0.05) is 16.3 Å². The highest BCUT2D eigenvalue weighted by molar-refractivity contribution is 6.35. The number of hydrogen-bond donors (Lipinski definition) is 3. The number of halogens is 2. The Balaban J connectivity index is 1.52. The SMILES string of the molecule is O=c1[nH]c2ccc(NCc3ccc(-c4cc(Cl)ccc4Cl)o3)cc2[nH]1. The molecule has 4 rings (SSSR count). The van der Waals surface area contributed by atoms with Crippen molar-refractivity contribution in [3.8, 4) is 11.3 Å². The van der Waals surface area contributed by atoms with Crippen LogP contribution in [0.3, 0.4) is 0 Å². The summed E-state index contributed by atoms with van der Waals surface area (Å²) in [5, 5.41) is 4.45. The van der Waals surface area contributed by atoms with Crippen molar-refractivity contribution >= 4 is 39.9 Å². The average Bonchev–Trinajstić information content (AvgIpc) is 3.20. The van der Waals surface area contributed by atoms with Crippen LogP contribution in [-0.4, -0.2) is 9.97 Å². The molecule has 0 bridgehead atoms. The van der Waals surface area contributed by atoms with E-state index in [4.69, 9.17) is 27.6 Å². The predicted molar refractivity (Wildman–Crippen MR) is 100 cm³/mol. The summed E-state index contributed by atoms with van der Waals surface area (Å²) in [6.45, 7) is 0.498. The van der Waals surface area contributed by atoms with Gasteiger partial charge >= 0.3 is 5.69 Å². The van der Waals surface area contributed by atoms with E-state index in [1.807, 2.05) is 30.3 Å². The number of hydrogen-bond acceptors (Lipinski definition) is 3. The Morgan fingerprint density at radius 3 is 2.68 bits per heavy atom. The Bertz CT molecular complexity index is 1110. The molecule has 7 heteroatoms. The van der Waals surface area contributed by atoms with Crippen molar-refractivity contribution in [1.29, 1.82) is 0 Å². The van der Waals surface area contributed by atoms with Crippen molar-refractivity contribution in [3.05, 3.63) is 74.8 Å². The molecule has 0 amide bonds. The van der Waals surface area contributed by atoms with Crippen LogP contribution in [0.1, 0.15) is 5.76 Å². The summed E-state index contributed by atoms with van der Waals surface area (Å²) in [6.07, 6.45) is 0. The molecule has 4 aromatic rings. The lowest BCUT2D eigenvalue weighted by molar-refractivity contribution is 0.531. The van der Waals surface area contributed by atoms with E-state index in [1.54, 1.807) is 18.2 Å². The summed E-state index contributed by atoms with van der Waals surface area (Å²) in [4.78, 5) is 16.7. The van der Waals surface area contributed by atoms with Crippen molar-refractivity contribution < 1.29 is 4.42 Å². The quantitative estimate of drug-likeness (QED) is 0.469. The van der Waals surface area contributed by atoms with Gasteiger partial charge in [0.05, 0.1) is 22.6 Å². The van der Waals surface area contributed by atoms with Crippen LogP contribution in [0.15, 0.2) is 57.7 Å². The van der Waals surface area contributed by atoms with Gasteiger partial charge in [-0.25, -0.2) is 4.79 Å². The molecule has 0 saturated heterocycles. The Kier molecular flexibility index (Phi) is 4.03. The number of imidazole rings is 1. The molecule has 0 saturated carbocycles. The first-order valence-corrected chi connectivity index (χ1v) is 8.34. The zero-order chi connectivity index (χ0) is 17.4. The number of furan rings is 1. The first-order chi connectivity index (χ1) is 12.1. The molecule has 2 aromatic carbocycles. The lowest BCUT2D eigenvalue weighted by atomic mass is 10.2. The summed E-state index contributed by atoms with van der Waals surface area (Å²) in [6, 6.07) is 14.6. The molecule has 25 heavy (non-hydrogen) atoms. The van der Waals surface area contributed by atoms with Crippen LogP contribution >= 0.6 is 23.2 Å². The van der Waals surface area contributed by atoms with Crippen molar-refractivity contribution in [1.82, 2.24) is 9.97 Å². The number of fused-ring (bicyclic) bond motifs is 1. The normalized spacial score (nSPS) is 11.1. The second kappa shape index (κ2) is 6.35. The fraction of sp³-hybridized carbons (Fsp3) is 0.0556. The van der Waals surface area contributed by atoms with Gasteiger partial charge < -0.3 is 19.7 Å². The summed E-state index contributed by atoms with van der Waals surface area (Å²) in [7, 11) is 0. The van der Waals surface area contributed by atoms with Gasteiger partial charge in [-0.15, -0.1) is 0 Å². The lowest BCUT2D eigenvalue weighted by Crippen LogP contribution is -1.99. The van der Waals surface area contributed by atoms with Crippen LogP contribution in [0.2, 0.25) is 10.0 Å². The third kappa shape index (κ3) is 3.29. The first kappa shape index (κ1) is 15.9. The van der Waals surface area contributed by atoms with Gasteiger partial charge in [0.25, 0.3) is 0 Å². The van der Waals surface area contributed by atoms with Crippen LogP contribution in [-0.2, 0) is 6.54 Å². The third-order valence-electron chi connectivity index (χ3n) is 3.84. The van der Waals surface area contributed by atoms with E-state index in [-0.39, 0.29) is 5.69 Å². The number of H-pyrrole nitrogens is 2. The van der Waals surface area contributed by atoms with Gasteiger partial charge in [-0.2, -0.15) is 0 Å². The van der Waals surface area contributed by atoms with Crippen LogP contribution in [0.4, 0.5) is 5.69 Å². The molecule has 0 fully saturated rings. The van der Waals surface area contributed by atoms with E-state index in [1.165, 1.54) is 0 Å². The van der Waals surface area contributed by atoms with E-state index in [9.17, 15) is 4.79 Å². The maximum absolute atomic E-state index is 11.3. The zero-order valence-corrected chi connectivity index (χ0v) is 14.4. The predicted octanol–water partition coefficient (Wildman–Crippen LogP) is 5.04. The first-order valence-electron chi connectivity index (χ1n) is 7.58. The second-order valence-electron chi connectivity index (χ2n) is 5.58. The van der Waals surface area contributed by atoms with E-state index in [0.29, 0.717) is 22.4 Å². The Morgan fingerprint density at radius 2 is 1.80 bits per heavy atom. The second-order valence-corrected chi connectivity index (χ2v) is 6.43. The van der Waals surface area contributed by atoms with Gasteiger partial charge in [0.2, 0.25) is 0 Å². The minimum atomic E-state index is -0.221. The summed E-state index contributed by atoms with van der Waals surface area (Å²) >= 11 is 12.2. The average molecular weight is 374 g/mol. The van der Waals surface area contributed by atoms with E-state index >= 15 is 0 Å². The van der Waals surface area contributed by atoms with E-state index < -0.39 is 0 Å². The topological polar surface area (TPSA) is 73.8 Å². The molecule has 0 aliphatic heterocycles. The molecule has 126 valence electrons. The van der Waals surface area contributed by atoms with Gasteiger partial charge in [-0.05, 0) is 48.5 Å². The van der Waals surface area contributed by atoms with Crippen LogP contribution < -0.4 is 11.0 Å². The highest BCUT2D eigenvalue weighted by atomic mass is 35.5. The monoisotopic (exact) mass is 373 g/mol. The minimum Gasteiger partial charge on any atom is -0.459 e. The number of nitrogens with one attached hydrogen (secondary N) is 3. The summed E-state index contributed by atoms with van der Waals surface area (Å²) in [5.41, 5.74) is 2.93. The molecular formula is C18H13Cl2N3O2. The minimum absolute atomic E-state index is 0.221. The number of rotatable bonds is 4. The van der Waals surface area contributed by atoms with Gasteiger partial charge in [0.1, 0.15) is 11.5 Å². The largest absolute Gasteiger partial charge is 0.459 e. The molecule has 0 radical (unpaired) electrons. The number of benzene rings is 2. The van der Waals surface area contributed by atoms with Gasteiger partial charge in [0.15, 0.2) is 0 Å². The number of aromatic amines is 2. The molecule has 2 heterocycles. The third-order valence-corrected chi connectivity index (χ3v) is 4.40. The molecule has 0 aliphatic carbocycles. The summed E-state index contributed by atoms with van der Waals surface area (Å²) < 4.78 is 5.85. The fourth-order valence-electron chi connectivity index (χ4n) is 2.64. The van der Waals surface area contributed by atoms with Crippen LogP contribution in [0.25, 0.3) is 22.4 Å². The molecule has 0 aliphatic rings.